The highest BCUT2D eigenvalue weighted by Crippen LogP contribution is 2.48. The molecule has 0 bridgehead atoms. The number of hydrogen-bond acceptors (Lipinski definition) is 9. The minimum atomic E-state index is -0.839. The number of carbonyl (C=O) groups is 1. The van der Waals surface area contributed by atoms with Gasteiger partial charge in [0.25, 0.3) is 0 Å². The first-order valence-electron chi connectivity index (χ1n) is 14.0. The Bertz CT molecular complexity index is 1380. The number of ether oxygens (including phenoxy) is 2. The van der Waals surface area contributed by atoms with E-state index in [9.17, 15) is 14.4 Å². The third-order valence-corrected chi connectivity index (χ3v) is 9.64. The Labute approximate surface area is 227 Å². The number of carbonyl (C=O) groups excluding carboxylic acids is 1. The number of nitrogen functional groups attached to an aromatic ring is 1. The summed E-state index contributed by atoms with van der Waals surface area (Å²) in [5, 5.41) is 10.0. The van der Waals surface area contributed by atoms with Gasteiger partial charge in [-0.05, 0) is 56.7 Å². The van der Waals surface area contributed by atoms with Gasteiger partial charge in [-0.1, -0.05) is 6.07 Å². The molecule has 1 spiro atoms. The predicted octanol–water partition coefficient (Wildman–Crippen LogP) is 2.97. The van der Waals surface area contributed by atoms with Crippen molar-refractivity contribution in [2.24, 2.45) is 0 Å². The molecule has 4 aliphatic heterocycles. The Kier molecular flexibility index (Phi) is 5.79. The summed E-state index contributed by atoms with van der Waals surface area (Å²) in [6.45, 7) is 2.67. The number of aryl methyl sites for hydroxylation is 1. The molecule has 2 aromatic rings. The van der Waals surface area contributed by atoms with Crippen LogP contribution in [0.5, 0.6) is 6.01 Å². The van der Waals surface area contributed by atoms with Crippen LogP contribution in [0.25, 0.3) is 0 Å². The van der Waals surface area contributed by atoms with Crippen molar-refractivity contribution >= 4 is 17.8 Å². The average Bonchev–Trinajstić information content (AvgIpc) is 3.43. The summed E-state index contributed by atoms with van der Waals surface area (Å²) in [4.78, 5) is 25.6. The van der Waals surface area contributed by atoms with Crippen molar-refractivity contribution < 1.29 is 18.7 Å². The zero-order valence-electron chi connectivity index (χ0n) is 22.0. The van der Waals surface area contributed by atoms with Gasteiger partial charge in [-0.15, -0.1) is 0 Å². The molecule has 10 heteroatoms. The molecule has 0 amide bonds. The zero-order valence-corrected chi connectivity index (χ0v) is 22.0. The molecular weight excluding hydrogens is 499 g/mol. The van der Waals surface area contributed by atoms with E-state index in [2.05, 4.69) is 11.0 Å². The molecule has 0 radical (unpaired) electrons. The maximum absolute atomic E-state index is 14.3. The number of aldehydes is 1. The van der Waals surface area contributed by atoms with Gasteiger partial charge < -0.3 is 24.9 Å². The number of anilines is 2. The quantitative estimate of drug-likeness (QED) is 0.458. The second kappa shape index (κ2) is 9.14. The molecule has 5 aliphatic rings. The molecule has 204 valence electrons. The summed E-state index contributed by atoms with van der Waals surface area (Å²) < 4.78 is 27.3. The van der Waals surface area contributed by atoms with E-state index in [1.807, 2.05) is 11.0 Å². The van der Waals surface area contributed by atoms with Crippen LogP contribution in [-0.2, 0) is 34.6 Å². The van der Waals surface area contributed by atoms with Crippen LogP contribution in [0.3, 0.4) is 0 Å². The van der Waals surface area contributed by atoms with E-state index >= 15 is 0 Å². The Morgan fingerprint density at radius 3 is 2.97 bits per heavy atom. The molecule has 3 fully saturated rings. The van der Waals surface area contributed by atoms with Crippen LogP contribution in [0.4, 0.5) is 15.9 Å². The highest BCUT2D eigenvalue weighted by Gasteiger charge is 2.50. The molecule has 4 atom stereocenters. The number of nitrogens with zero attached hydrogens (tertiary/aromatic N) is 5. The number of hydrogen-bond donors (Lipinski definition) is 1. The lowest BCUT2D eigenvalue weighted by Crippen LogP contribution is -2.50. The van der Waals surface area contributed by atoms with Crippen molar-refractivity contribution in [1.29, 1.82) is 5.26 Å². The summed E-state index contributed by atoms with van der Waals surface area (Å²) >= 11 is 0. The van der Waals surface area contributed by atoms with Gasteiger partial charge in [-0.2, -0.15) is 15.2 Å². The summed E-state index contributed by atoms with van der Waals surface area (Å²) in [5.74, 6) is 0.674. The minimum Gasteiger partial charge on any atom is -0.461 e. The Balaban J connectivity index is 1.27. The molecule has 5 heterocycles. The lowest BCUT2D eigenvalue weighted by Gasteiger charge is -2.45. The first kappa shape index (κ1) is 24.7. The molecule has 1 aromatic carbocycles. The number of nitriles is 1. The molecule has 1 aliphatic carbocycles. The number of benzene rings is 1. The van der Waals surface area contributed by atoms with Crippen molar-refractivity contribution in [3.63, 3.8) is 0 Å². The average molecular weight is 533 g/mol. The van der Waals surface area contributed by atoms with E-state index < -0.39 is 11.8 Å². The van der Waals surface area contributed by atoms with Crippen LogP contribution in [0.1, 0.15) is 66.5 Å². The molecular formula is C29H33FN6O3. The fourth-order valence-corrected chi connectivity index (χ4v) is 7.60. The van der Waals surface area contributed by atoms with Crippen LogP contribution in [0, 0.1) is 11.3 Å². The maximum atomic E-state index is 14.3. The molecule has 4 unspecified atom stereocenters. The SMILES string of the molecule is N#Cc1c(N)ccc2c1C1(CCC2)Cc2nc(OCC34CCCN3CC(F)C4)nc(N3CCC3C=O)c2CO1. The Morgan fingerprint density at radius 2 is 2.18 bits per heavy atom. The summed E-state index contributed by atoms with van der Waals surface area (Å²) in [7, 11) is 0. The Morgan fingerprint density at radius 1 is 1.28 bits per heavy atom. The molecule has 39 heavy (non-hydrogen) atoms. The zero-order chi connectivity index (χ0) is 26.8. The molecule has 9 nitrogen and oxygen atoms in total. The largest absolute Gasteiger partial charge is 0.461 e. The predicted molar refractivity (Wildman–Crippen MR) is 141 cm³/mol. The van der Waals surface area contributed by atoms with E-state index in [4.69, 9.17) is 25.2 Å². The lowest BCUT2D eigenvalue weighted by molar-refractivity contribution is -0.110. The van der Waals surface area contributed by atoms with Gasteiger partial charge in [-0.25, -0.2) is 4.39 Å². The summed E-state index contributed by atoms with van der Waals surface area (Å²) in [6.07, 6.45) is 6.31. The van der Waals surface area contributed by atoms with Crippen molar-refractivity contribution in [2.45, 2.75) is 81.3 Å². The smallest absolute Gasteiger partial charge is 0.318 e. The highest BCUT2D eigenvalue weighted by molar-refractivity contribution is 5.70. The normalized spacial score (nSPS) is 31.2. The van der Waals surface area contributed by atoms with Crippen molar-refractivity contribution in [2.75, 3.05) is 36.9 Å². The standard InChI is InChI=1S/C29H33FN6O3/c30-19-11-28(7-2-9-35(28)14-19)17-38-27-33-24-12-29(8-1-3-18-4-5-23(32)21(13-31)25(18)29)39-16-22(24)26(34-27)36-10-6-20(36)15-37/h4-5,15,19-20H,1-3,6-12,14,16-17,32H2. The van der Waals surface area contributed by atoms with Crippen molar-refractivity contribution in [3.8, 4) is 12.1 Å². The summed E-state index contributed by atoms with van der Waals surface area (Å²) in [6, 6.07) is 6.15. The van der Waals surface area contributed by atoms with Gasteiger partial charge in [0.15, 0.2) is 0 Å². The molecule has 3 saturated heterocycles. The number of nitrogens with two attached hydrogens (primary N) is 1. The third-order valence-electron chi connectivity index (χ3n) is 9.64. The minimum absolute atomic E-state index is 0.237. The number of aromatic nitrogens is 2. The first-order chi connectivity index (χ1) is 18.9. The van der Waals surface area contributed by atoms with E-state index in [1.54, 1.807) is 6.07 Å². The second-order valence-corrected chi connectivity index (χ2v) is 11.8. The van der Waals surface area contributed by atoms with Crippen LogP contribution >= 0.6 is 0 Å². The summed E-state index contributed by atoms with van der Waals surface area (Å²) in [5.41, 5.74) is 9.79. The lowest BCUT2D eigenvalue weighted by atomic mass is 9.72. The monoisotopic (exact) mass is 532 g/mol. The molecule has 1 aromatic heterocycles. The van der Waals surface area contributed by atoms with Crippen LogP contribution in [0.2, 0.25) is 0 Å². The Hall–Kier alpha value is -3.29. The highest BCUT2D eigenvalue weighted by atomic mass is 19.1. The third kappa shape index (κ3) is 3.81. The van der Waals surface area contributed by atoms with E-state index in [1.165, 1.54) is 0 Å². The molecule has 2 N–H and O–H groups in total. The molecule has 7 rings (SSSR count). The number of fused-ring (bicyclic) bond motifs is 4. The van der Waals surface area contributed by atoms with Gasteiger partial charge in [-0.3, -0.25) is 4.90 Å². The number of rotatable bonds is 5. The van der Waals surface area contributed by atoms with Crippen molar-refractivity contribution in [3.05, 3.63) is 40.1 Å². The van der Waals surface area contributed by atoms with Crippen LogP contribution < -0.4 is 15.4 Å². The maximum Gasteiger partial charge on any atom is 0.318 e. The van der Waals surface area contributed by atoms with Crippen LogP contribution in [0.15, 0.2) is 12.1 Å². The topological polar surface area (TPSA) is 118 Å². The van der Waals surface area contributed by atoms with Gasteiger partial charge in [0.2, 0.25) is 0 Å². The van der Waals surface area contributed by atoms with Gasteiger partial charge in [0.1, 0.15) is 36.6 Å². The van der Waals surface area contributed by atoms with E-state index in [0.717, 1.165) is 80.3 Å². The first-order valence-corrected chi connectivity index (χ1v) is 14.0. The molecule has 0 saturated carbocycles. The number of halogens is 1. The van der Waals surface area contributed by atoms with Gasteiger partial charge in [0, 0.05) is 42.7 Å². The fourth-order valence-electron chi connectivity index (χ4n) is 7.60. The van der Waals surface area contributed by atoms with E-state index in [0.29, 0.717) is 43.1 Å². The van der Waals surface area contributed by atoms with Crippen LogP contribution in [-0.4, -0.2) is 65.1 Å². The fraction of sp³-hybridized carbons (Fsp3) is 0.586. The van der Waals surface area contributed by atoms with E-state index in [-0.39, 0.29) is 24.2 Å². The second-order valence-electron chi connectivity index (χ2n) is 11.8. The van der Waals surface area contributed by atoms with Gasteiger partial charge in [0.05, 0.1) is 29.4 Å². The van der Waals surface area contributed by atoms with Crippen molar-refractivity contribution in [1.82, 2.24) is 14.9 Å². The number of alkyl halides is 1. The van der Waals surface area contributed by atoms with Gasteiger partial charge >= 0.3 is 6.01 Å².